The van der Waals surface area contributed by atoms with Crippen LogP contribution in [0.3, 0.4) is 0 Å². The molecular weight excluding hydrogens is 250 g/mol. The molecule has 104 valence electrons. The third kappa shape index (κ3) is 3.84. The number of carbonyl (C=O) groups excluding carboxylic acids is 1. The first-order valence-corrected chi connectivity index (χ1v) is 5.69. The molecular formula is C12H17N3O4. The molecule has 0 saturated carbocycles. The maximum Gasteiger partial charge on any atom is 0.428 e. The number of ether oxygens (including phenoxy) is 1. The molecule has 0 bridgehead atoms. The molecule has 0 atom stereocenters. The third-order valence-electron chi connectivity index (χ3n) is 2.49. The van der Waals surface area contributed by atoms with E-state index in [4.69, 9.17) is 9.84 Å². The predicted molar refractivity (Wildman–Crippen MR) is 68.6 cm³/mol. The molecule has 7 heteroatoms. The average molecular weight is 267 g/mol. The highest BCUT2D eigenvalue weighted by molar-refractivity contribution is 5.87. The van der Waals surface area contributed by atoms with Gasteiger partial charge in [-0.3, -0.25) is 0 Å². The smallest absolute Gasteiger partial charge is 0.428 e. The number of amides is 1. The van der Waals surface area contributed by atoms with Crippen LogP contribution in [-0.4, -0.2) is 40.2 Å². The van der Waals surface area contributed by atoms with Crippen LogP contribution in [0.25, 0.3) is 0 Å². The summed E-state index contributed by atoms with van der Waals surface area (Å²) in [7, 11) is 0. The van der Waals surface area contributed by atoms with Crippen LogP contribution in [0, 0.1) is 13.8 Å². The van der Waals surface area contributed by atoms with E-state index in [1.807, 2.05) is 6.92 Å². The number of aromatic nitrogens is 2. The molecule has 1 rings (SSSR count). The van der Waals surface area contributed by atoms with Crippen LogP contribution >= 0.6 is 0 Å². The van der Waals surface area contributed by atoms with Crippen LogP contribution in [0.4, 0.5) is 4.79 Å². The van der Waals surface area contributed by atoms with Crippen molar-refractivity contribution in [3.05, 3.63) is 29.6 Å². The Balaban J connectivity index is 2.67. The van der Waals surface area contributed by atoms with E-state index in [1.165, 1.54) is 11.7 Å². The van der Waals surface area contributed by atoms with E-state index in [1.54, 1.807) is 13.1 Å². The van der Waals surface area contributed by atoms with E-state index in [2.05, 4.69) is 11.7 Å². The molecule has 1 aromatic rings. The fourth-order valence-corrected chi connectivity index (χ4v) is 1.29. The van der Waals surface area contributed by atoms with E-state index in [0.717, 1.165) is 16.3 Å². The molecule has 1 N–H and O–H groups in total. The molecule has 0 unspecified atom stereocenters. The SMILES string of the molecule is C=C(C)C(=O)OCCN(C(=O)O)n1cc(C)c(C)n1. The normalized spacial score (nSPS) is 10.1. The summed E-state index contributed by atoms with van der Waals surface area (Å²) >= 11 is 0. The number of carbonyl (C=O) groups is 2. The van der Waals surface area contributed by atoms with Gasteiger partial charge in [0.2, 0.25) is 0 Å². The molecule has 0 aromatic carbocycles. The molecule has 1 heterocycles. The van der Waals surface area contributed by atoms with Crippen LogP contribution in [0.1, 0.15) is 18.2 Å². The highest BCUT2D eigenvalue weighted by Crippen LogP contribution is 2.04. The molecule has 19 heavy (non-hydrogen) atoms. The lowest BCUT2D eigenvalue weighted by Gasteiger charge is -2.18. The number of aryl methyl sites for hydroxylation is 2. The fraction of sp³-hybridized carbons (Fsp3) is 0.417. The van der Waals surface area contributed by atoms with Crippen molar-refractivity contribution < 1.29 is 19.4 Å². The second-order valence-corrected chi connectivity index (χ2v) is 4.14. The Hall–Kier alpha value is -2.31. The number of hydrogen-bond acceptors (Lipinski definition) is 4. The third-order valence-corrected chi connectivity index (χ3v) is 2.49. The lowest BCUT2D eigenvalue weighted by Crippen LogP contribution is -2.42. The summed E-state index contributed by atoms with van der Waals surface area (Å²) in [5.41, 5.74) is 1.89. The van der Waals surface area contributed by atoms with Gasteiger partial charge in [-0.05, 0) is 26.3 Å². The van der Waals surface area contributed by atoms with Crippen molar-refractivity contribution in [2.45, 2.75) is 20.8 Å². The second kappa shape index (κ2) is 6.03. The summed E-state index contributed by atoms with van der Waals surface area (Å²) in [5, 5.41) is 14.1. The quantitative estimate of drug-likeness (QED) is 0.640. The number of rotatable bonds is 5. The molecule has 1 aromatic heterocycles. The van der Waals surface area contributed by atoms with Gasteiger partial charge in [0.25, 0.3) is 0 Å². The fourth-order valence-electron chi connectivity index (χ4n) is 1.29. The Kier molecular flexibility index (Phi) is 4.68. The molecule has 0 spiro atoms. The topological polar surface area (TPSA) is 84.7 Å². The van der Waals surface area contributed by atoms with Crippen molar-refractivity contribution in [1.82, 2.24) is 9.89 Å². The highest BCUT2D eigenvalue weighted by Gasteiger charge is 2.16. The van der Waals surface area contributed by atoms with Gasteiger partial charge in [0.1, 0.15) is 6.61 Å². The Morgan fingerprint density at radius 1 is 1.53 bits per heavy atom. The molecule has 0 radical (unpaired) electrons. The van der Waals surface area contributed by atoms with Gasteiger partial charge in [0.15, 0.2) is 0 Å². The van der Waals surface area contributed by atoms with Crippen molar-refractivity contribution in [1.29, 1.82) is 0 Å². The van der Waals surface area contributed by atoms with Crippen LogP contribution in [0.5, 0.6) is 0 Å². The van der Waals surface area contributed by atoms with E-state index in [9.17, 15) is 9.59 Å². The first kappa shape index (κ1) is 14.7. The Labute approximate surface area is 111 Å². The monoisotopic (exact) mass is 267 g/mol. The van der Waals surface area contributed by atoms with E-state index in [0.29, 0.717) is 0 Å². The van der Waals surface area contributed by atoms with Crippen molar-refractivity contribution >= 4 is 12.1 Å². The van der Waals surface area contributed by atoms with E-state index < -0.39 is 12.1 Å². The molecule has 1 amide bonds. The van der Waals surface area contributed by atoms with E-state index in [-0.39, 0.29) is 18.7 Å². The summed E-state index contributed by atoms with van der Waals surface area (Å²) in [6.45, 7) is 8.52. The first-order chi connectivity index (χ1) is 8.82. The Bertz CT molecular complexity index is 488. The molecule has 0 aliphatic rings. The van der Waals surface area contributed by atoms with Gasteiger partial charge in [0.05, 0.1) is 18.4 Å². The van der Waals surface area contributed by atoms with Gasteiger partial charge in [-0.1, -0.05) is 6.58 Å². The minimum Gasteiger partial charge on any atom is -0.464 e. The second-order valence-electron chi connectivity index (χ2n) is 4.14. The van der Waals surface area contributed by atoms with Crippen molar-refractivity contribution in [2.75, 3.05) is 18.2 Å². The van der Waals surface area contributed by atoms with Crippen LogP contribution < -0.4 is 5.01 Å². The zero-order valence-corrected chi connectivity index (χ0v) is 11.2. The Morgan fingerprint density at radius 2 is 2.16 bits per heavy atom. The molecule has 0 saturated heterocycles. The summed E-state index contributed by atoms with van der Waals surface area (Å²) < 4.78 is 4.86. The zero-order valence-electron chi connectivity index (χ0n) is 11.2. The maximum absolute atomic E-state index is 11.2. The van der Waals surface area contributed by atoms with Crippen molar-refractivity contribution in [2.24, 2.45) is 0 Å². The average Bonchev–Trinajstić information content (AvgIpc) is 2.63. The molecule has 7 nitrogen and oxygen atoms in total. The Morgan fingerprint density at radius 3 is 2.58 bits per heavy atom. The first-order valence-electron chi connectivity index (χ1n) is 5.69. The number of nitrogens with zero attached hydrogens (tertiary/aromatic N) is 3. The van der Waals surface area contributed by atoms with Gasteiger partial charge in [-0.2, -0.15) is 14.9 Å². The predicted octanol–water partition coefficient (Wildman–Crippen LogP) is 1.24. The molecule has 0 aliphatic heterocycles. The molecule has 0 fully saturated rings. The van der Waals surface area contributed by atoms with Crippen LogP contribution in [0.2, 0.25) is 0 Å². The van der Waals surface area contributed by atoms with Crippen molar-refractivity contribution in [3.8, 4) is 0 Å². The highest BCUT2D eigenvalue weighted by atomic mass is 16.5. The summed E-state index contributed by atoms with van der Waals surface area (Å²) in [4.78, 5) is 23.5. The largest absolute Gasteiger partial charge is 0.464 e. The van der Waals surface area contributed by atoms with Gasteiger partial charge in [-0.25, -0.2) is 9.59 Å². The lowest BCUT2D eigenvalue weighted by molar-refractivity contribution is -0.138. The van der Waals surface area contributed by atoms with Crippen LogP contribution in [-0.2, 0) is 9.53 Å². The number of esters is 1. The lowest BCUT2D eigenvalue weighted by atomic mass is 10.3. The summed E-state index contributed by atoms with van der Waals surface area (Å²) in [5.74, 6) is -0.543. The van der Waals surface area contributed by atoms with Crippen LogP contribution in [0.15, 0.2) is 18.3 Å². The zero-order chi connectivity index (χ0) is 14.6. The minimum atomic E-state index is -1.17. The van der Waals surface area contributed by atoms with E-state index >= 15 is 0 Å². The number of hydrogen-bond donors (Lipinski definition) is 1. The number of carboxylic acid groups (broad SMARTS) is 1. The van der Waals surface area contributed by atoms with Gasteiger partial charge >= 0.3 is 12.1 Å². The van der Waals surface area contributed by atoms with Gasteiger partial charge in [-0.15, -0.1) is 0 Å². The van der Waals surface area contributed by atoms with Crippen molar-refractivity contribution in [3.63, 3.8) is 0 Å². The van der Waals surface area contributed by atoms with Gasteiger partial charge < -0.3 is 9.84 Å². The summed E-state index contributed by atoms with van der Waals surface area (Å²) in [6.07, 6.45) is 0.429. The molecule has 0 aliphatic carbocycles. The maximum atomic E-state index is 11.2. The van der Waals surface area contributed by atoms with Gasteiger partial charge in [0, 0.05) is 5.57 Å². The minimum absolute atomic E-state index is 0.00505. The standard InChI is InChI=1S/C12H17N3O4/c1-8(2)11(16)19-6-5-14(12(17)18)15-7-9(3)10(4)13-15/h7H,1,5-6H2,2-4H3,(H,17,18). The summed E-state index contributed by atoms with van der Waals surface area (Å²) in [6, 6.07) is 0.